The van der Waals surface area contributed by atoms with Crippen molar-refractivity contribution in [3.05, 3.63) is 0 Å². The van der Waals surface area contributed by atoms with Crippen molar-refractivity contribution in [3.8, 4) is 0 Å². The van der Waals surface area contributed by atoms with Gasteiger partial charge in [0.15, 0.2) is 0 Å². The van der Waals surface area contributed by atoms with E-state index in [0.717, 1.165) is 6.61 Å². The Balaban J connectivity index is 0.000000605. The van der Waals surface area contributed by atoms with E-state index in [1.807, 2.05) is 0 Å². The highest BCUT2D eigenvalue weighted by Gasteiger charge is 2.40. The second kappa shape index (κ2) is 3.30. The minimum Gasteiger partial charge on any atom is -0.378 e. The summed E-state index contributed by atoms with van der Waals surface area (Å²) < 4.78 is 5.55. The molecule has 2 atom stereocenters. The summed E-state index contributed by atoms with van der Waals surface area (Å²) in [6.45, 7) is 5.53. The van der Waals surface area contributed by atoms with E-state index >= 15 is 0 Å². The fourth-order valence-corrected chi connectivity index (χ4v) is 2.14. The maximum Gasteiger partial charge on any atom is 0.0553 e. The zero-order chi connectivity index (χ0) is 7.03. The van der Waals surface area contributed by atoms with Gasteiger partial charge in [0.25, 0.3) is 0 Å². The molecule has 0 saturated carbocycles. The van der Waals surface area contributed by atoms with Crippen LogP contribution < -0.4 is 5.32 Å². The number of rotatable bonds is 0. The molecule has 3 heteroatoms. The number of hydrogen-bond acceptors (Lipinski definition) is 2. The number of hydrogen-bond donors (Lipinski definition) is 1. The molecule has 11 heavy (non-hydrogen) atoms. The van der Waals surface area contributed by atoms with Gasteiger partial charge in [-0.15, -0.1) is 12.4 Å². The lowest BCUT2D eigenvalue weighted by Crippen LogP contribution is -2.23. The van der Waals surface area contributed by atoms with E-state index in [1.165, 1.54) is 25.9 Å². The van der Waals surface area contributed by atoms with Crippen LogP contribution in [0.15, 0.2) is 0 Å². The lowest BCUT2D eigenvalue weighted by molar-refractivity contribution is 0.109. The van der Waals surface area contributed by atoms with Crippen LogP contribution in [0.3, 0.4) is 0 Å². The molecular formula is C8H16ClNO. The summed E-state index contributed by atoms with van der Waals surface area (Å²) in [6.07, 6.45) is 3.08. The predicted molar refractivity (Wildman–Crippen MR) is 47.2 cm³/mol. The second-order valence-corrected chi connectivity index (χ2v) is 3.75. The first-order chi connectivity index (χ1) is 4.81. The van der Waals surface area contributed by atoms with Gasteiger partial charge in [0, 0.05) is 12.0 Å². The SMILES string of the molecule is CC1CC2(CCNC2)CO1.Cl. The van der Waals surface area contributed by atoms with E-state index < -0.39 is 0 Å². The van der Waals surface area contributed by atoms with Crippen LogP contribution in [0.5, 0.6) is 0 Å². The predicted octanol–water partition coefficient (Wildman–Crippen LogP) is 1.20. The average molecular weight is 178 g/mol. The third-order valence-electron chi connectivity index (χ3n) is 2.73. The number of halogens is 1. The Morgan fingerprint density at radius 2 is 2.36 bits per heavy atom. The first-order valence-electron chi connectivity index (χ1n) is 4.13. The first-order valence-corrected chi connectivity index (χ1v) is 4.13. The second-order valence-electron chi connectivity index (χ2n) is 3.75. The van der Waals surface area contributed by atoms with Gasteiger partial charge >= 0.3 is 0 Å². The maximum atomic E-state index is 5.55. The molecule has 2 saturated heterocycles. The fourth-order valence-electron chi connectivity index (χ4n) is 2.14. The van der Waals surface area contributed by atoms with Gasteiger partial charge in [0.2, 0.25) is 0 Å². The summed E-state index contributed by atoms with van der Waals surface area (Å²) in [5, 5.41) is 3.40. The molecule has 0 aromatic carbocycles. The highest BCUT2D eigenvalue weighted by molar-refractivity contribution is 5.85. The lowest BCUT2D eigenvalue weighted by Gasteiger charge is -2.17. The summed E-state index contributed by atoms with van der Waals surface area (Å²) in [7, 11) is 0. The maximum absolute atomic E-state index is 5.55. The average Bonchev–Trinajstić information content (AvgIpc) is 2.46. The molecule has 2 aliphatic heterocycles. The van der Waals surface area contributed by atoms with Crippen LogP contribution >= 0.6 is 12.4 Å². The first kappa shape index (κ1) is 9.30. The van der Waals surface area contributed by atoms with E-state index in [2.05, 4.69) is 12.2 Å². The Kier molecular flexibility index (Phi) is 2.79. The molecule has 2 nitrogen and oxygen atoms in total. The van der Waals surface area contributed by atoms with Gasteiger partial charge < -0.3 is 10.1 Å². The molecule has 0 bridgehead atoms. The molecule has 2 aliphatic rings. The fraction of sp³-hybridized carbons (Fsp3) is 1.00. The van der Waals surface area contributed by atoms with Crippen molar-refractivity contribution in [1.29, 1.82) is 0 Å². The largest absolute Gasteiger partial charge is 0.378 e. The van der Waals surface area contributed by atoms with Crippen LogP contribution in [-0.2, 0) is 4.74 Å². The molecule has 2 rings (SSSR count). The van der Waals surface area contributed by atoms with Crippen molar-refractivity contribution in [1.82, 2.24) is 5.32 Å². The molecule has 0 aromatic heterocycles. The van der Waals surface area contributed by atoms with E-state index in [1.54, 1.807) is 0 Å². The molecule has 1 N–H and O–H groups in total. The third kappa shape index (κ3) is 1.68. The van der Waals surface area contributed by atoms with Gasteiger partial charge in [-0.2, -0.15) is 0 Å². The topological polar surface area (TPSA) is 21.3 Å². The van der Waals surface area contributed by atoms with Crippen molar-refractivity contribution in [3.63, 3.8) is 0 Å². The van der Waals surface area contributed by atoms with Crippen molar-refractivity contribution in [2.45, 2.75) is 25.9 Å². The number of nitrogens with one attached hydrogen (secondary N) is 1. The molecule has 2 unspecified atom stereocenters. The Bertz CT molecular complexity index is 134. The Hall–Kier alpha value is 0.210. The lowest BCUT2D eigenvalue weighted by atomic mass is 9.85. The minimum absolute atomic E-state index is 0. The van der Waals surface area contributed by atoms with Crippen LogP contribution in [0.25, 0.3) is 0 Å². The molecule has 2 heterocycles. The smallest absolute Gasteiger partial charge is 0.0553 e. The van der Waals surface area contributed by atoms with Gasteiger partial charge in [0.1, 0.15) is 0 Å². The monoisotopic (exact) mass is 177 g/mol. The molecular weight excluding hydrogens is 162 g/mol. The van der Waals surface area contributed by atoms with Crippen molar-refractivity contribution < 1.29 is 4.74 Å². The summed E-state index contributed by atoms with van der Waals surface area (Å²) in [6, 6.07) is 0. The van der Waals surface area contributed by atoms with Crippen LogP contribution in [0, 0.1) is 5.41 Å². The van der Waals surface area contributed by atoms with E-state index in [0.29, 0.717) is 11.5 Å². The van der Waals surface area contributed by atoms with Gasteiger partial charge in [-0.25, -0.2) is 0 Å². The zero-order valence-electron chi connectivity index (χ0n) is 6.93. The summed E-state index contributed by atoms with van der Waals surface area (Å²) in [5.41, 5.74) is 0.527. The highest BCUT2D eigenvalue weighted by Crippen LogP contribution is 2.37. The van der Waals surface area contributed by atoms with Crippen molar-refractivity contribution in [2.24, 2.45) is 5.41 Å². The van der Waals surface area contributed by atoms with Crippen molar-refractivity contribution in [2.75, 3.05) is 19.7 Å². The van der Waals surface area contributed by atoms with Gasteiger partial charge in [-0.05, 0) is 26.3 Å². The van der Waals surface area contributed by atoms with Crippen LogP contribution in [-0.4, -0.2) is 25.8 Å². The summed E-state index contributed by atoms with van der Waals surface area (Å²) >= 11 is 0. The van der Waals surface area contributed by atoms with Gasteiger partial charge in [-0.1, -0.05) is 0 Å². The van der Waals surface area contributed by atoms with E-state index in [4.69, 9.17) is 4.74 Å². The van der Waals surface area contributed by atoms with Crippen LogP contribution in [0.4, 0.5) is 0 Å². The third-order valence-corrected chi connectivity index (χ3v) is 2.73. The van der Waals surface area contributed by atoms with E-state index in [9.17, 15) is 0 Å². The van der Waals surface area contributed by atoms with E-state index in [-0.39, 0.29) is 12.4 Å². The van der Waals surface area contributed by atoms with Crippen molar-refractivity contribution >= 4 is 12.4 Å². The molecule has 0 amide bonds. The number of ether oxygens (including phenoxy) is 1. The molecule has 66 valence electrons. The van der Waals surface area contributed by atoms with Crippen LogP contribution in [0.1, 0.15) is 19.8 Å². The standard InChI is InChI=1S/C8H15NO.ClH/c1-7-4-8(6-10-7)2-3-9-5-8;/h7,9H,2-6H2,1H3;1H. The normalized spacial score (nSPS) is 42.8. The minimum atomic E-state index is 0. The molecule has 0 aliphatic carbocycles. The zero-order valence-corrected chi connectivity index (χ0v) is 7.75. The Morgan fingerprint density at radius 3 is 2.82 bits per heavy atom. The molecule has 0 aromatic rings. The summed E-state index contributed by atoms with van der Waals surface area (Å²) in [4.78, 5) is 0. The molecule has 0 radical (unpaired) electrons. The van der Waals surface area contributed by atoms with Crippen LogP contribution in [0.2, 0.25) is 0 Å². The molecule has 1 spiro atoms. The summed E-state index contributed by atoms with van der Waals surface area (Å²) in [5.74, 6) is 0. The highest BCUT2D eigenvalue weighted by atomic mass is 35.5. The molecule has 2 fully saturated rings. The Labute approximate surface area is 74.1 Å². The van der Waals surface area contributed by atoms with Gasteiger partial charge in [-0.3, -0.25) is 0 Å². The quantitative estimate of drug-likeness (QED) is 0.601. The Morgan fingerprint density at radius 1 is 1.55 bits per heavy atom. The van der Waals surface area contributed by atoms with Gasteiger partial charge in [0.05, 0.1) is 12.7 Å².